The molecule has 0 saturated carbocycles. The molecule has 0 aliphatic rings. The number of nitrogens with two attached hydrogens (primary N) is 2. The van der Waals surface area contributed by atoms with Crippen molar-refractivity contribution in [3.8, 4) is 12.3 Å². The molecule has 0 aliphatic heterocycles. The van der Waals surface area contributed by atoms with E-state index in [1.165, 1.54) is 0 Å². The van der Waals surface area contributed by atoms with Gasteiger partial charge < -0.3 is 5.73 Å². The van der Waals surface area contributed by atoms with Crippen molar-refractivity contribution in [2.45, 2.75) is 18.9 Å². The Morgan fingerprint density at radius 2 is 2.50 bits per heavy atom. The largest absolute Gasteiger partial charge is 0.384 e. The van der Waals surface area contributed by atoms with Crippen LogP contribution in [0.5, 0.6) is 0 Å². The van der Waals surface area contributed by atoms with Gasteiger partial charge in [0.25, 0.3) is 0 Å². The number of rotatable bonds is 4. The molecule has 1 aromatic rings. The number of hydrazine groups is 1. The van der Waals surface area contributed by atoms with Crippen LogP contribution in [0.15, 0.2) is 6.20 Å². The summed E-state index contributed by atoms with van der Waals surface area (Å²) in [6.07, 6.45) is 8.30. The Morgan fingerprint density at radius 3 is 2.93 bits per heavy atom. The summed E-state index contributed by atoms with van der Waals surface area (Å²) in [4.78, 5) is 0. The third-order valence-corrected chi connectivity index (χ3v) is 2.17. The lowest BCUT2D eigenvalue weighted by Crippen LogP contribution is -2.28. The van der Waals surface area contributed by atoms with Gasteiger partial charge in [-0.3, -0.25) is 16.0 Å². The average Bonchev–Trinajstić information content (AvgIpc) is 2.51. The molecule has 76 valence electrons. The molecule has 1 aromatic heterocycles. The summed E-state index contributed by atoms with van der Waals surface area (Å²) < 4.78 is 1.61. The molecule has 1 heterocycles. The molecule has 0 aliphatic carbocycles. The molecule has 0 saturated heterocycles. The molecule has 14 heavy (non-hydrogen) atoms. The molecule has 1 rings (SSSR count). The number of hydrogen-bond acceptors (Lipinski definition) is 4. The van der Waals surface area contributed by atoms with Crippen LogP contribution in [0.4, 0.5) is 5.82 Å². The number of nitrogens with zero attached hydrogens (tertiary/aromatic N) is 2. The molecule has 1 unspecified atom stereocenters. The predicted octanol–water partition coefficient (Wildman–Crippen LogP) is -0.0799. The zero-order chi connectivity index (χ0) is 10.6. The van der Waals surface area contributed by atoms with Gasteiger partial charge in [-0.1, -0.05) is 0 Å². The fraction of sp³-hybridized carbons (Fsp3) is 0.444. The zero-order valence-corrected chi connectivity index (χ0v) is 8.20. The molecule has 0 spiro atoms. The number of terminal acetylenes is 1. The van der Waals surface area contributed by atoms with Gasteiger partial charge in [0, 0.05) is 19.0 Å². The molecular weight excluding hydrogens is 178 g/mol. The van der Waals surface area contributed by atoms with Gasteiger partial charge in [-0.25, -0.2) is 0 Å². The maximum atomic E-state index is 5.80. The Morgan fingerprint density at radius 1 is 1.79 bits per heavy atom. The first-order valence-corrected chi connectivity index (χ1v) is 4.37. The van der Waals surface area contributed by atoms with Gasteiger partial charge in [-0.2, -0.15) is 5.10 Å². The number of nitrogen functional groups attached to an aromatic ring is 1. The highest BCUT2D eigenvalue weighted by Gasteiger charge is 2.14. The summed E-state index contributed by atoms with van der Waals surface area (Å²) >= 11 is 0. The van der Waals surface area contributed by atoms with Gasteiger partial charge in [0.15, 0.2) is 0 Å². The normalized spacial score (nSPS) is 12.4. The van der Waals surface area contributed by atoms with Crippen LogP contribution in [0, 0.1) is 12.3 Å². The number of anilines is 1. The predicted molar refractivity (Wildman–Crippen MR) is 55.8 cm³/mol. The molecule has 0 fully saturated rings. The lowest BCUT2D eigenvalue weighted by molar-refractivity contribution is 0.525. The van der Waals surface area contributed by atoms with E-state index in [2.05, 4.69) is 16.4 Å². The maximum Gasteiger partial charge on any atom is 0.126 e. The molecule has 5 nitrogen and oxygen atoms in total. The number of hydrogen-bond donors (Lipinski definition) is 3. The SMILES string of the molecule is C#CCCC(NN)c1cnn(C)c1N. The van der Waals surface area contributed by atoms with Gasteiger partial charge in [0.05, 0.1) is 12.2 Å². The Balaban J connectivity index is 2.79. The molecular formula is C9H15N5. The fourth-order valence-corrected chi connectivity index (χ4v) is 1.29. The molecule has 1 atom stereocenters. The highest BCUT2D eigenvalue weighted by atomic mass is 15.3. The Kier molecular flexibility index (Phi) is 3.51. The number of nitrogens with one attached hydrogen (secondary N) is 1. The Bertz CT molecular complexity index is 335. The molecule has 0 amide bonds. The van der Waals surface area contributed by atoms with Crippen LogP contribution in [0.25, 0.3) is 0 Å². The third kappa shape index (κ3) is 2.05. The van der Waals surface area contributed by atoms with E-state index in [9.17, 15) is 0 Å². The van der Waals surface area contributed by atoms with Crippen molar-refractivity contribution in [1.29, 1.82) is 0 Å². The van der Waals surface area contributed by atoms with E-state index in [1.807, 2.05) is 0 Å². The van der Waals surface area contributed by atoms with Crippen molar-refractivity contribution >= 4 is 5.82 Å². The monoisotopic (exact) mass is 193 g/mol. The second kappa shape index (κ2) is 4.65. The van der Waals surface area contributed by atoms with E-state index in [4.69, 9.17) is 18.0 Å². The minimum Gasteiger partial charge on any atom is -0.384 e. The smallest absolute Gasteiger partial charge is 0.126 e. The second-order valence-corrected chi connectivity index (χ2v) is 3.07. The fourth-order valence-electron chi connectivity index (χ4n) is 1.29. The Labute approximate surface area is 83.4 Å². The van der Waals surface area contributed by atoms with E-state index in [0.29, 0.717) is 12.2 Å². The summed E-state index contributed by atoms with van der Waals surface area (Å²) in [5, 5.41) is 4.04. The highest BCUT2D eigenvalue weighted by Crippen LogP contribution is 2.22. The van der Waals surface area contributed by atoms with Crippen molar-refractivity contribution in [3.63, 3.8) is 0 Å². The quantitative estimate of drug-likeness (QED) is 0.355. The first kappa shape index (κ1) is 10.6. The lowest BCUT2D eigenvalue weighted by atomic mass is 10.1. The Hall–Kier alpha value is -1.51. The van der Waals surface area contributed by atoms with Crippen LogP contribution < -0.4 is 17.0 Å². The van der Waals surface area contributed by atoms with E-state index in [0.717, 1.165) is 12.0 Å². The van der Waals surface area contributed by atoms with Gasteiger partial charge in [-0.05, 0) is 6.42 Å². The maximum absolute atomic E-state index is 5.80. The molecule has 5 heteroatoms. The van der Waals surface area contributed by atoms with Crippen LogP contribution in [-0.4, -0.2) is 9.78 Å². The van der Waals surface area contributed by atoms with Crippen molar-refractivity contribution in [2.24, 2.45) is 12.9 Å². The van der Waals surface area contributed by atoms with Gasteiger partial charge in [0.1, 0.15) is 5.82 Å². The van der Waals surface area contributed by atoms with Crippen LogP contribution in [0.2, 0.25) is 0 Å². The summed E-state index contributed by atoms with van der Waals surface area (Å²) in [5.41, 5.74) is 9.38. The molecule has 0 bridgehead atoms. The molecule has 0 aromatic carbocycles. The van der Waals surface area contributed by atoms with Crippen LogP contribution in [-0.2, 0) is 7.05 Å². The second-order valence-electron chi connectivity index (χ2n) is 3.07. The summed E-state index contributed by atoms with van der Waals surface area (Å²) in [6.45, 7) is 0. The summed E-state index contributed by atoms with van der Waals surface area (Å²) in [5.74, 6) is 8.59. The van der Waals surface area contributed by atoms with Crippen molar-refractivity contribution < 1.29 is 0 Å². The van der Waals surface area contributed by atoms with Crippen molar-refractivity contribution in [3.05, 3.63) is 11.8 Å². The summed E-state index contributed by atoms with van der Waals surface area (Å²) in [7, 11) is 1.79. The van der Waals surface area contributed by atoms with E-state index < -0.39 is 0 Å². The molecule has 5 N–H and O–H groups in total. The molecule has 0 radical (unpaired) electrons. The van der Waals surface area contributed by atoms with Crippen LogP contribution in [0.1, 0.15) is 24.4 Å². The highest BCUT2D eigenvalue weighted by molar-refractivity contribution is 5.40. The summed E-state index contributed by atoms with van der Waals surface area (Å²) in [6, 6.07) is -0.0280. The number of aromatic nitrogens is 2. The minimum atomic E-state index is -0.0280. The van der Waals surface area contributed by atoms with E-state index in [1.54, 1.807) is 17.9 Å². The minimum absolute atomic E-state index is 0.0280. The van der Waals surface area contributed by atoms with Crippen LogP contribution in [0.3, 0.4) is 0 Å². The van der Waals surface area contributed by atoms with Crippen LogP contribution >= 0.6 is 0 Å². The van der Waals surface area contributed by atoms with E-state index in [-0.39, 0.29) is 6.04 Å². The topological polar surface area (TPSA) is 81.9 Å². The lowest BCUT2D eigenvalue weighted by Gasteiger charge is -2.13. The van der Waals surface area contributed by atoms with Crippen molar-refractivity contribution in [2.75, 3.05) is 5.73 Å². The average molecular weight is 193 g/mol. The van der Waals surface area contributed by atoms with Gasteiger partial charge >= 0.3 is 0 Å². The third-order valence-electron chi connectivity index (χ3n) is 2.17. The van der Waals surface area contributed by atoms with Gasteiger partial charge in [0.2, 0.25) is 0 Å². The first-order valence-electron chi connectivity index (χ1n) is 4.37. The zero-order valence-electron chi connectivity index (χ0n) is 8.20. The standard InChI is InChI=1S/C9H15N5/c1-3-4-5-8(13-11)7-6-12-14(2)9(7)10/h1,6,8,13H,4-5,10-11H2,2H3. The van der Waals surface area contributed by atoms with Crippen molar-refractivity contribution in [1.82, 2.24) is 15.2 Å². The first-order chi connectivity index (χ1) is 6.70. The van der Waals surface area contributed by atoms with E-state index >= 15 is 0 Å². The van der Waals surface area contributed by atoms with Gasteiger partial charge in [-0.15, -0.1) is 12.3 Å². The number of aryl methyl sites for hydroxylation is 1.